The number of aliphatic hydroxyl groups excluding tert-OH is 1. The minimum absolute atomic E-state index is 0.178. The Morgan fingerprint density at radius 3 is 2.56 bits per heavy atom. The van der Waals surface area contributed by atoms with Crippen LogP contribution >= 0.6 is 0 Å². The molecular formula is C15H23NO2. The summed E-state index contributed by atoms with van der Waals surface area (Å²) >= 11 is 0. The van der Waals surface area contributed by atoms with Crippen molar-refractivity contribution in [3.8, 4) is 5.75 Å². The van der Waals surface area contributed by atoms with Gasteiger partial charge in [-0.2, -0.15) is 0 Å². The molecule has 0 heterocycles. The maximum Gasteiger partial charge on any atom is 0.119 e. The van der Waals surface area contributed by atoms with Crippen molar-refractivity contribution in [3.63, 3.8) is 0 Å². The van der Waals surface area contributed by atoms with Crippen LogP contribution in [0.15, 0.2) is 36.4 Å². The lowest BCUT2D eigenvalue weighted by Crippen LogP contribution is -2.26. The van der Waals surface area contributed by atoms with Gasteiger partial charge in [-0.05, 0) is 29.7 Å². The van der Waals surface area contributed by atoms with E-state index in [1.165, 1.54) is 0 Å². The van der Waals surface area contributed by atoms with Gasteiger partial charge in [-0.15, -0.1) is 0 Å². The highest BCUT2D eigenvalue weighted by Gasteiger charge is 1.99. The predicted octanol–water partition coefficient (Wildman–Crippen LogP) is 2.15. The molecule has 0 aliphatic carbocycles. The van der Waals surface area contributed by atoms with Crippen LogP contribution in [0.4, 0.5) is 0 Å². The van der Waals surface area contributed by atoms with Gasteiger partial charge in [0.05, 0.1) is 0 Å². The van der Waals surface area contributed by atoms with Gasteiger partial charge in [0.1, 0.15) is 12.4 Å². The van der Waals surface area contributed by atoms with Gasteiger partial charge in [-0.25, -0.2) is 0 Å². The van der Waals surface area contributed by atoms with E-state index in [-0.39, 0.29) is 6.61 Å². The third kappa shape index (κ3) is 5.84. The Hall–Kier alpha value is -1.32. The molecule has 0 bridgehead atoms. The topological polar surface area (TPSA) is 41.5 Å². The lowest BCUT2D eigenvalue weighted by atomic mass is 10.1. The van der Waals surface area contributed by atoms with Crippen LogP contribution in [0, 0.1) is 0 Å². The van der Waals surface area contributed by atoms with Crippen LogP contribution in [0.5, 0.6) is 5.75 Å². The molecule has 0 fully saturated rings. The molecule has 0 aliphatic heterocycles. The first-order valence-corrected chi connectivity index (χ1v) is 6.34. The highest BCUT2D eigenvalue weighted by Crippen LogP contribution is 2.13. The highest BCUT2D eigenvalue weighted by atomic mass is 16.5. The molecule has 18 heavy (non-hydrogen) atoms. The van der Waals surface area contributed by atoms with Crippen molar-refractivity contribution < 1.29 is 9.84 Å². The Morgan fingerprint density at radius 2 is 2.00 bits per heavy atom. The average Bonchev–Trinajstić information content (AvgIpc) is 2.36. The Morgan fingerprint density at radius 1 is 1.33 bits per heavy atom. The van der Waals surface area contributed by atoms with Crippen LogP contribution < -0.4 is 10.1 Å². The van der Waals surface area contributed by atoms with Gasteiger partial charge in [0.2, 0.25) is 0 Å². The molecule has 0 saturated heterocycles. The van der Waals surface area contributed by atoms with Gasteiger partial charge in [0.25, 0.3) is 0 Å². The first kappa shape index (κ1) is 14.7. The SMILES string of the molecule is C=C(CNC(C)C)COc1ccc(CCO)cc1. The van der Waals surface area contributed by atoms with Gasteiger partial charge in [0.15, 0.2) is 0 Å². The fourth-order valence-electron chi connectivity index (χ4n) is 1.47. The number of hydrogen-bond acceptors (Lipinski definition) is 3. The molecule has 3 nitrogen and oxygen atoms in total. The predicted molar refractivity (Wildman–Crippen MR) is 75.0 cm³/mol. The molecule has 100 valence electrons. The van der Waals surface area contributed by atoms with Gasteiger partial charge >= 0.3 is 0 Å². The summed E-state index contributed by atoms with van der Waals surface area (Å²) in [5.74, 6) is 0.836. The molecule has 0 aromatic heterocycles. The minimum atomic E-state index is 0.178. The maximum absolute atomic E-state index is 8.82. The lowest BCUT2D eigenvalue weighted by Gasteiger charge is -2.12. The van der Waals surface area contributed by atoms with Crippen LogP contribution in [0.3, 0.4) is 0 Å². The molecule has 2 N–H and O–H groups in total. The molecule has 0 amide bonds. The van der Waals surface area contributed by atoms with E-state index in [4.69, 9.17) is 9.84 Å². The van der Waals surface area contributed by atoms with E-state index in [0.717, 1.165) is 23.4 Å². The molecule has 1 aromatic carbocycles. The summed E-state index contributed by atoms with van der Waals surface area (Å²) in [5.41, 5.74) is 2.15. The Kier molecular flexibility index (Phi) is 6.47. The van der Waals surface area contributed by atoms with Crippen molar-refractivity contribution in [1.82, 2.24) is 5.32 Å². The fourth-order valence-corrected chi connectivity index (χ4v) is 1.47. The van der Waals surface area contributed by atoms with Crippen molar-refractivity contribution >= 4 is 0 Å². The monoisotopic (exact) mass is 249 g/mol. The summed E-state index contributed by atoms with van der Waals surface area (Å²) in [5, 5.41) is 12.1. The summed E-state index contributed by atoms with van der Waals surface area (Å²) in [6.45, 7) is 9.66. The maximum atomic E-state index is 8.82. The number of benzene rings is 1. The van der Waals surface area contributed by atoms with Crippen molar-refractivity contribution in [2.75, 3.05) is 19.8 Å². The van der Waals surface area contributed by atoms with Crippen LogP contribution in [0.25, 0.3) is 0 Å². The Balaban J connectivity index is 2.32. The quantitative estimate of drug-likeness (QED) is 0.694. The first-order valence-electron chi connectivity index (χ1n) is 6.34. The fraction of sp³-hybridized carbons (Fsp3) is 0.467. The van der Waals surface area contributed by atoms with Gasteiger partial charge in [-0.3, -0.25) is 0 Å². The molecule has 0 spiro atoms. The van der Waals surface area contributed by atoms with E-state index in [2.05, 4.69) is 25.7 Å². The third-order valence-electron chi connectivity index (χ3n) is 2.53. The second-order valence-electron chi connectivity index (χ2n) is 4.69. The molecular weight excluding hydrogens is 226 g/mol. The Labute approximate surface area is 109 Å². The molecule has 3 heteroatoms. The zero-order valence-electron chi connectivity index (χ0n) is 11.3. The first-order chi connectivity index (χ1) is 8.61. The molecule has 0 atom stereocenters. The van der Waals surface area contributed by atoms with E-state index < -0.39 is 0 Å². The summed E-state index contributed by atoms with van der Waals surface area (Å²) in [4.78, 5) is 0. The number of rotatable bonds is 8. The van der Waals surface area contributed by atoms with Crippen molar-refractivity contribution in [2.45, 2.75) is 26.3 Å². The van der Waals surface area contributed by atoms with Crippen LogP contribution in [-0.4, -0.2) is 30.9 Å². The van der Waals surface area contributed by atoms with Crippen LogP contribution in [-0.2, 0) is 6.42 Å². The average molecular weight is 249 g/mol. The smallest absolute Gasteiger partial charge is 0.119 e. The zero-order chi connectivity index (χ0) is 13.4. The van der Waals surface area contributed by atoms with E-state index >= 15 is 0 Å². The van der Waals surface area contributed by atoms with Crippen molar-refractivity contribution in [3.05, 3.63) is 42.0 Å². The molecule has 0 radical (unpaired) electrons. The van der Waals surface area contributed by atoms with Crippen molar-refractivity contribution in [2.24, 2.45) is 0 Å². The van der Waals surface area contributed by atoms with Crippen LogP contribution in [0.2, 0.25) is 0 Å². The van der Waals surface area contributed by atoms with Crippen LogP contribution in [0.1, 0.15) is 19.4 Å². The standard InChI is InChI=1S/C15H23NO2/c1-12(2)16-10-13(3)11-18-15-6-4-14(5-7-15)8-9-17/h4-7,12,16-17H,3,8-11H2,1-2H3. The Bertz CT molecular complexity index is 357. The minimum Gasteiger partial charge on any atom is -0.489 e. The van der Waals surface area contributed by atoms with Gasteiger partial charge in [0, 0.05) is 19.2 Å². The van der Waals surface area contributed by atoms with E-state index in [1.54, 1.807) is 0 Å². The van der Waals surface area contributed by atoms with E-state index in [9.17, 15) is 0 Å². The zero-order valence-corrected chi connectivity index (χ0v) is 11.3. The van der Waals surface area contributed by atoms with Gasteiger partial charge in [-0.1, -0.05) is 32.6 Å². The molecule has 1 aromatic rings. The summed E-state index contributed by atoms with van der Waals surface area (Å²) in [6.07, 6.45) is 0.686. The third-order valence-corrected chi connectivity index (χ3v) is 2.53. The van der Waals surface area contributed by atoms with Crippen molar-refractivity contribution in [1.29, 1.82) is 0 Å². The second kappa shape index (κ2) is 7.90. The number of nitrogens with one attached hydrogen (secondary N) is 1. The summed E-state index contributed by atoms with van der Waals surface area (Å²) < 4.78 is 5.63. The molecule has 0 aliphatic rings. The van der Waals surface area contributed by atoms with E-state index in [0.29, 0.717) is 19.1 Å². The van der Waals surface area contributed by atoms with Gasteiger partial charge < -0.3 is 15.2 Å². The summed E-state index contributed by atoms with van der Waals surface area (Å²) in [7, 11) is 0. The normalized spacial score (nSPS) is 10.7. The molecule has 0 saturated carbocycles. The second-order valence-corrected chi connectivity index (χ2v) is 4.69. The number of hydrogen-bond donors (Lipinski definition) is 2. The lowest BCUT2D eigenvalue weighted by molar-refractivity contribution is 0.299. The highest BCUT2D eigenvalue weighted by molar-refractivity contribution is 5.27. The van der Waals surface area contributed by atoms with E-state index in [1.807, 2.05) is 24.3 Å². The molecule has 0 unspecified atom stereocenters. The summed E-state index contributed by atoms with van der Waals surface area (Å²) in [6, 6.07) is 8.25. The molecule has 1 rings (SSSR count). The largest absolute Gasteiger partial charge is 0.489 e. The number of ether oxygens (including phenoxy) is 1. The number of aliphatic hydroxyl groups is 1.